The van der Waals surface area contributed by atoms with Crippen LogP contribution in [-0.2, 0) is 4.79 Å². The second kappa shape index (κ2) is 7.23. The van der Waals surface area contributed by atoms with Crippen LogP contribution in [-0.4, -0.2) is 23.0 Å². The van der Waals surface area contributed by atoms with Crippen LogP contribution >= 0.6 is 15.9 Å². The highest BCUT2D eigenvalue weighted by Crippen LogP contribution is 2.16. The standard InChI is InChI=1S/C13H15BrFNO3/c1-2-3-4-11(13(18)19)16-12(17)9-7-8(14)5-6-10(9)15/h5-7,11H,2-4H2,1H3,(H,16,17)(H,18,19). The number of hydrogen-bond donors (Lipinski definition) is 2. The molecule has 0 aromatic heterocycles. The topological polar surface area (TPSA) is 66.4 Å². The van der Waals surface area contributed by atoms with Crippen LogP contribution < -0.4 is 5.32 Å². The van der Waals surface area contributed by atoms with E-state index in [1.165, 1.54) is 12.1 Å². The van der Waals surface area contributed by atoms with Crippen LogP contribution in [0.3, 0.4) is 0 Å². The highest BCUT2D eigenvalue weighted by molar-refractivity contribution is 9.10. The smallest absolute Gasteiger partial charge is 0.326 e. The van der Waals surface area contributed by atoms with Crippen molar-refractivity contribution in [3.8, 4) is 0 Å². The maximum Gasteiger partial charge on any atom is 0.326 e. The minimum Gasteiger partial charge on any atom is -0.480 e. The number of carbonyl (C=O) groups excluding carboxylic acids is 1. The first-order chi connectivity index (χ1) is 8.95. The number of carboxylic acids is 1. The molecule has 0 aliphatic carbocycles. The molecule has 0 fully saturated rings. The number of aliphatic carboxylic acids is 1. The summed E-state index contributed by atoms with van der Waals surface area (Å²) in [5.74, 6) is -2.51. The van der Waals surface area contributed by atoms with E-state index in [0.29, 0.717) is 17.3 Å². The van der Waals surface area contributed by atoms with Gasteiger partial charge in [-0.1, -0.05) is 35.7 Å². The van der Waals surface area contributed by atoms with Crippen LogP contribution in [0.5, 0.6) is 0 Å². The normalized spacial score (nSPS) is 11.9. The third-order valence-corrected chi connectivity index (χ3v) is 3.12. The van der Waals surface area contributed by atoms with Crippen molar-refractivity contribution in [3.05, 3.63) is 34.1 Å². The zero-order valence-electron chi connectivity index (χ0n) is 10.5. The lowest BCUT2D eigenvalue weighted by molar-refractivity contribution is -0.139. The van der Waals surface area contributed by atoms with Crippen molar-refractivity contribution in [2.24, 2.45) is 0 Å². The molecule has 1 aromatic carbocycles. The van der Waals surface area contributed by atoms with E-state index >= 15 is 0 Å². The Hall–Kier alpha value is -1.43. The number of carbonyl (C=O) groups is 2. The van der Waals surface area contributed by atoms with E-state index in [9.17, 15) is 14.0 Å². The molecule has 1 aromatic rings. The number of rotatable bonds is 6. The molecule has 1 unspecified atom stereocenters. The summed E-state index contributed by atoms with van der Waals surface area (Å²) in [4.78, 5) is 22.9. The minimum absolute atomic E-state index is 0.169. The van der Waals surface area contributed by atoms with Crippen molar-refractivity contribution in [1.82, 2.24) is 5.32 Å². The van der Waals surface area contributed by atoms with Gasteiger partial charge < -0.3 is 10.4 Å². The summed E-state index contributed by atoms with van der Waals surface area (Å²) < 4.78 is 14.0. The lowest BCUT2D eigenvalue weighted by atomic mass is 10.1. The molecular weight excluding hydrogens is 317 g/mol. The molecule has 19 heavy (non-hydrogen) atoms. The van der Waals surface area contributed by atoms with Crippen molar-refractivity contribution in [2.45, 2.75) is 32.2 Å². The van der Waals surface area contributed by atoms with Crippen molar-refractivity contribution in [1.29, 1.82) is 0 Å². The van der Waals surface area contributed by atoms with Crippen LogP contribution in [0.15, 0.2) is 22.7 Å². The summed E-state index contributed by atoms with van der Waals surface area (Å²) in [6, 6.07) is 2.95. The first-order valence-electron chi connectivity index (χ1n) is 5.94. The van der Waals surface area contributed by atoms with E-state index in [4.69, 9.17) is 5.11 Å². The molecule has 0 bridgehead atoms. The molecule has 104 valence electrons. The molecule has 0 saturated heterocycles. The number of hydrogen-bond acceptors (Lipinski definition) is 2. The lowest BCUT2D eigenvalue weighted by Gasteiger charge is -2.14. The Bertz CT molecular complexity index is 479. The number of nitrogens with one attached hydrogen (secondary N) is 1. The maximum absolute atomic E-state index is 13.5. The minimum atomic E-state index is -1.11. The van der Waals surface area contributed by atoms with Crippen molar-refractivity contribution in [2.75, 3.05) is 0 Å². The van der Waals surface area contributed by atoms with E-state index in [1.807, 2.05) is 6.92 Å². The fraction of sp³-hybridized carbons (Fsp3) is 0.385. The van der Waals surface area contributed by atoms with Crippen LogP contribution in [0.25, 0.3) is 0 Å². The fourth-order valence-corrected chi connectivity index (χ4v) is 1.93. The number of halogens is 2. The molecule has 0 spiro atoms. The van der Waals surface area contributed by atoms with E-state index < -0.39 is 23.7 Å². The number of unbranched alkanes of at least 4 members (excludes halogenated alkanes) is 1. The molecule has 0 aliphatic heterocycles. The van der Waals surface area contributed by atoms with Crippen molar-refractivity contribution in [3.63, 3.8) is 0 Å². The molecule has 6 heteroatoms. The zero-order valence-corrected chi connectivity index (χ0v) is 12.0. The van der Waals surface area contributed by atoms with Gasteiger partial charge in [-0.3, -0.25) is 4.79 Å². The first-order valence-corrected chi connectivity index (χ1v) is 6.73. The SMILES string of the molecule is CCCCC(NC(=O)c1cc(Br)ccc1F)C(=O)O. The van der Waals surface area contributed by atoms with Crippen LogP contribution in [0, 0.1) is 5.82 Å². The van der Waals surface area contributed by atoms with Gasteiger partial charge in [-0.2, -0.15) is 0 Å². The number of carboxylic acid groups (broad SMARTS) is 1. The van der Waals surface area contributed by atoms with Gasteiger partial charge in [-0.05, 0) is 24.6 Å². The molecule has 0 saturated carbocycles. The quantitative estimate of drug-likeness (QED) is 0.842. The van der Waals surface area contributed by atoms with Gasteiger partial charge in [0.1, 0.15) is 11.9 Å². The Labute approximate surface area is 119 Å². The molecule has 1 rings (SSSR count). The fourth-order valence-electron chi connectivity index (χ4n) is 1.57. The van der Waals surface area contributed by atoms with E-state index in [0.717, 1.165) is 12.5 Å². The zero-order chi connectivity index (χ0) is 14.4. The Morgan fingerprint density at radius 2 is 2.16 bits per heavy atom. The molecule has 0 radical (unpaired) electrons. The summed E-state index contributed by atoms with van der Waals surface area (Å²) in [6.45, 7) is 1.93. The Morgan fingerprint density at radius 3 is 2.74 bits per heavy atom. The third kappa shape index (κ3) is 4.63. The highest BCUT2D eigenvalue weighted by Gasteiger charge is 2.21. The monoisotopic (exact) mass is 331 g/mol. The average molecular weight is 332 g/mol. The van der Waals surface area contributed by atoms with Crippen LogP contribution in [0.4, 0.5) is 4.39 Å². The second-order valence-corrected chi connectivity index (χ2v) is 5.05. The van der Waals surface area contributed by atoms with Gasteiger partial charge in [-0.25, -0.2) is 9.18 Å². The maximum atomic E-state index is 13.5. The molecule has 0 heterocycles. The van der Waals surface area contributed by atoms with E-state index in [1.54, 1.807) is 0 Å². The van der Waals surface area contributed by atoms with Crippen molar-refractivity contribution >= 4 is 27.8 Å². The average Bonchev–Trinajstić information content (AvgIpc) is 2.36. The summed E-state index contributed by atoms with van der Waals surface area (Å²) >= 11 is 3.14. The highest BCUT2D eigenvalue weighted by atomic mass is 79.9. The van der Waals surface area contributed by atoms with Crippen LogP contribution in [0.2, 0.25) is 0 Å². The van der Waals surface area contributed by atoms with E-state index in [2.05, 4.69) is 21.2 Å². The molecule has 4 nitrogen and oxygen atoms in total. The first kappa shape index (κ1) is 15.6. The van der Waals surface area contributed by atoms with Gasteiger partial charge in [0, 0.05) is 4.47 Å². The lowest BCUT2D eigenvalue weighted by Crippen LogP contribution is -2.41. The summed E-state index contributed by atoms with van der Waals surface area (Å²) in [5.41, 5.74) is -0.169. The van der Waals surface area contributed by atoms with Gasteiger partial charge in [0.25, 0.3) is 5.91 Å². The van der Waals surface area contributed by atoms with E-state index in [-0.39, 0.29) is 5.56 Å². The summed E-state index contributed by atoms with van der Waals surface area (Å²) in [7, 11) is 0. The number of benzene rings is 1. The molecule has 1 atom stereocenters. The van der Waals surface area contributed by atoms with Gasteiger partial charge in [-0.15, -0.1) is 0 Å². The second-order valence-electron chi connectivity index (χ2n) is 4.13. The summed E-state index contributed by atoms with van der Waals surface area (Å²) in [5, 5.41) is 11.3. The molecule has 2 N–H and O–H groups in total. The van der Waals surface area contributed by atoms with Crippen LogP contribution in [0.1, 0.15) is 36.5 Å². The van der Waals surface area contributed by atoms with Gasteiger partial charge >= 0.3 is 5.97 Å². The predicted octanol–water partition coefficient (Wildman–Crippen LogP) is 2.96. The Morgan fingerprint density at radius 1 is 1.47 bits per heavy atom. The number of amides is 1. The third-order valence-electron chi connectivity index (χ3n) is 2.62. The Balaban J connectivity index is 2.81. The van der Waals surface area contributed by atoms with Gasteiger partial charge in [0.15, 0.2) is 0 Å². The predicted molar refractivity (Wildman–Crippen MR) is 72.5 cm³/mol. The molecule has 0 aliphatic rings. The molecular formula is C13H15BrFNO3. The summed E-state index contributed by atoms with van der Waals surface area (Å²) in [6.07, 6.45) is 1.83. The largest absolute Gasteiger partial charge is 0.480 e. The van der Waals surface area contributed by atoms with Gasteiger partial charge in [0.2, 0.25) is 0 Å². The van der Waals surface area contributed by atoms with Gasteiger partial charge in [0.05, 0.1) is 5.56 Å². The van der Waals surface area contributed by atoms with Crippen molar-refractivity contribution < 1.29 is 19.1 Å². The molecule has 1 amide bonds. The Kier molecular flexibility index (Phi) is 5.95.